The highest BCUT2D eigenvalue weighted by molar-refractivity contribution is 6.32. The minimum atomic E-state index is 0.311. The van der Waals surface area contributed by atoms with Crippen LogP contribution in [-0.4, -0.2) is 19.2 Å². The fraction of sp³-hybridized carbons (Fsp3) is 0.500. The van der Waals surface area contributed by atoms with E-state index >= 15 is 0 Å². The largest absolute Gasteiger partial charge is 0.489 e. The van der Waals surface area contributed by atoms with Crippen molar-refractivity contribution in [1.29, 1.82) is 0 Å². The molecule has 0 aromatic heterocycles. The van der Waals surface area contributed by atoms with Crippen LogP contribution >= 0.6 is 11.6 Å². The summed E-state index contributed by atoms with van der Waals surface area (Å²) in [7, 11) is 0. The number of aryl methyl sites for hydroxylation is 1. The zero-order valence-corrected chi connectivity index (χ0v) is 9.68. The molecule has 15 heavy (non-hydrogen) atoms. The van der Waals surface area contributed by atoms with E-state index in [0.717, 1.165) is 42.3 Å². The van der Waals surface area contributed by atoms with Crippen LogP contribution in [-0.2, 0) is 0 Å². The number of piperidine rings is 1. The molecule has 82 valence electrons. The van der Waals surface area contributed by atoms with Gasteiger partial charge in [-0.05, 0) is 44.5 Å². The molecule has 1 aromatic carbocycles. The van der Waals surface area contributed by atoms with Crippen molar-refractivity contribution in [2.45, 2.75) is 25.9 Å². The van der Waals surface area contributed by atoms with Crippen LogP contribution in [0.25, 0.3) is 0 Å². The highest BCUT2D eigenvalue weighted by Gasteiger charge is 2.15. The van der Waals surface area contributed by atoms with Gasteiger partial charge in [0.25, 0.3) is 0 Å². The molecule has 1 aliphatic rings. The van der Waals surface area contributed by atoms with Crippen molar-refractivity contribution in [3.8, 4) is 5.75 Å². The van der Waals surface area contributed by atoms with Crippen LogP contribution in [0.2, 0.25) is 5.02 Å². The lowest BCUT2D eigenvalue weighted by Gasteiger charge is -2.24. The van der Waals surface area contributed by atoms with Gasteiger partial charge in [-0.25, -0.2) is 0 Å². The third-order valence-electron chi connectivity index (χ3n) is 2.74. The zero-order chi connectivity index (χ0) is 10.7. The van der Waals surface area contributed by atoms with Gasteiger partial charge in [0.05, 0.1) is 5.02 Å². The summed E-state index contributed by atoms with van der Waals surface area (Å²) >= 11 is 6.17. The van der Waals surface area contributed by atoms with Crippen molar-refractivity contribution >= 4 is 11.6 Å². The number of benzene rings is 1. The number of hydrogen-bond acceptors (Lipinski definition) is 2. The predicted octanol–water partition coefficient (Wildman–Crippen LogP) is 2.78. The lowest BCUT2D eigenvalue weighted by molar-refractivity contribution is 0.162. The molecule has 1 N–H and O–H groups in total. The fourth-order valence-corrected chi connectivity index (χ4v) is 1.97. The maximum absolute atomic E-state index is 6.17. The maximum Gasteiger partial charge on any atom is 0.138 e. The van der Waals surface area contributed by atoms with Crippen molar-refractivity contribution < 1.29 is 4.74 Å². The second-order valence-electron chi connectivity index (χ2n) is 3.95. The Morgan fingerprint density at radius 2 is 2.07 bits per heavy atom. The number of halogens is 1. The monoisotopic (exact) mass is 225 g/mol. The van der Waals surface area contributed by atoms with Gasteiger partial charge in [0, 0.05) is 0 Å². The first kappa shape index (κ1) is 10.8. The lowest BCUT2D eigenvalue weighted by Crippen LogP contribution is -2.34. The first-order chi connectivity index (χ1) is 7.27. The van der Waals surface area contributed by atoms with Crippen LogP contribution in [0.3, 0.4) is 0 Å². The Morgan fingerprint density at radius 1 is 1.33 bits per heavy atom. The van der Waals surface area contributed by atoms with Crippen LogP contribution < -0.4 is 10.1 Å². The Morgan fingerprint density at radius 3 is 2.80 bits per heavy atom. The molecule has 0 spiro atoms. The standard InChI is InChI=1S/C12H16ClNO/c1-9-3-2-4-11(12(9)13)15-10-5-7-14-8-6-10/h2-4,10,14H,5-8H2,1H3. The smallest absolute Gasteiger partial charge is 0.138 e. The van der Waals surface area contributed by atoms with Gasteiger partial charge in [0.15, 0.2) is 0 Å². The van der Waals surface area contributed by atoms with E-state index in [1.54, 1.807) is 0 Å². The topological polar surface area (TPSA) is 21.3 Å². The maximum atomic E-state index is 6.17. The molecule has 1 aliphatic heterocycles. The molecule has 0 radical (unpaired) electrons. The summed E-state index contributed by atoms with van der Waals surface area (Å²) in [6.45, 7) is 4.07. The van der Waals surface area contributed by atoms with Crippen molar-refractivity contribution in [3.63, 3.8) is 0 Å². The molecule has 0 saturated carbocycles. The highest BCUT2D eigenvalue weighted by atomic mass is 35.5. The second kappa shape index (κ2) is 4.86. The molecule has 1 heterocycles. The van der Waals surface area contributed by atoms with Crippen LogP contribution in [0.15, 0.2) is 18.2 Å². The van der Waals surface area contributed by atoms with E-state index < -0.39 is 0 Å². The fourth-order valence-electron chi connectivity index (χ4n) is 1.80. The van der Waals surface area contributed by atoms with Gasteiger partial charge < -0.3 is 10.1 Å². The van der Waals surface area contributed by atoms with Crippen LogP contribution in [0.4, 0.5) is 0 Å². The quantitative estimate of drug-likeness (QED) is 0.836. The predicted molar refractivity (Wildman–Crippen MR) is 62.7 cm³/mol. The molecule has 1 fully saturated rings. The summed E-state index contributed by atoms with van der Waals surface area (Å²) in [6.07, 6.45) is 2.43. The molecule has 1 saturated heterocycles. The minimum Gasteiger partial charge on any atom is -0.489 e. The molecular formula is C12H16ClNO. The summed E-state index contributed by atoms with van der Waals surface area (Å²) in [5, 5.41) is 4.06. The van der Waals surface area contributed by atoms with Crippen molar-refractivity contribution in [2.24, 2.45) is 0 Å². The van der Waals surface area contributed by atoms with Gasteiger partial charge in [0.1, 0.15) is 11.9 Å². The molecule has 0 bridgehead atoms. The number of ether oxygens (including phenoxy) is 1. The summed E-state index contributed by atoms with van der Waals surface area (Å²) in [6, 6.07) is 5.92. The van der Waals surface area contributed by atoms with Crippen LogP contribution in [0.1, 0.15) is 18.4 Å². The summed E-state index contributed by atoms with van der Waals surface area (Å²) in [5.41, 5.74) is 1.07. The Balaban J connectivity index is 2.06. The molecule has 2 rings (SSSR count). The van der Waals surface area contributed by atoms with Crippen molar-refractivity contribution in [1.82, 2.24) is 5.32 Å². The van der Waals surface area contributed by atoms with E-state index in [-0.39, 0.29) is 0 Å². The molecule has 2 nitrogen and oxygen atoms in total. The average Bonchev–Trinajstić information content (AvgIpc) is 2.26. The first-order valence-corrected chi connectivity index (χ1v) is 5.77. The molecule has 0 unspecified atom stereocenters. The van der Waals surface area contributed by atoms with Gasteiger partial charge in [-0.2, -0.15) is 0 Å². The van der Waals surface area contributed by atoms with Crippen molar-refractivity contribution in [2.75, 3.05) is 13.1 Å². The van der Waals surface area contributed by atoms with Crippen molar-refractivity contribution in [3.05, 3.63) is 28.8 Å². The Labute approximate surface area is 95.6 Å². The Kier molecular flexibility index (Phi) is 3.49. The Bertz CT molecular complexity index is 334. The molecule has 0 atom stereocenters. The van der Waals surface area contributed by atoms with Crippen LogP contribution in [0, 0.1) is 6.92 Å². The van der Waals surface area contributed by atoms with E-state index in [4.69, 9.17) is 16.3 Å². The third kappa shape index (κ3) is 2.64. The third-order valence-corrected chi connectivity index (χ3v) is 3.22. The van der Waals surface area contributed by atoms with Gasteiger partial charge in [-0.3, -0.25) is 0 Å². The molecule has 1 aromatic rings. The van der Waals surface area contributed by atoms with E-state index in [1.165, 1.54) is 0 Å². The van der Waals surface area contributed by atoms with E-state index in [0.29, 0.717) is 6.10 Å². The normalized spacial score (nSPS) is 17.7. The molecular weight excluding hydrogens is 210 g/mol. The zero-order valence-electron chi connectivity index (χ0n) is 8.92. The molecule has 3 heteroatoms. The summed E-state index contributed by atoms with van der Waals surface area (Å²) in [4.78, 5) is 0. The lowest BCUT2D eigenvalue weighted by atomic mass is 10.1. The highest BCUT2D eigenvalue weighted by Crippen LogP contribution is 2.29. The number of rotatable bonds is 2. The molecule has 0 amide bonds. The van der Waals surface area contributed by atoms with E-state index in [2.05, 4.69) is 5.32 Å². The number of nitrogens with one attached hydrogen (secondary N) is 1. The molecule has 0 aliphatic carbocycles. The SMILES string of the molecule is Cc1cccc(OC2CCNCC2)c1Cl. The van der Waals surface area contributed by atoms with Gasteiger partial charge in [0.2, 0.25) is 0 Å². The van der Waals surface area contributed by atoms with E-state index in [1.807, 2.05) is 25.1 Å². The summed E-state index contributed by atoms with van der Waals surface area (Å²) < 4.78 is 5.89. The second-order valence-corrected chi connectivity index (χ2v) is 4.33. The Hall–Kier alpha value is -0.730. The van der Waals surface area contributed by atoms with Gasteiger partial charge >= 0.3 is 0 Å². The van der Waals surface area contributed by atoms with E-state index in [9.17, 15) is 0 Å². The average molecular weight is 226 g/mol. The summed E-state index contributed by atoms with van der Waals surface area (Å²) in [5.74, 6) is 0.823. The first-order valence-electron chi connectivity index (χ1n) is 5.40. The number of hydrogen-bond donors (Lipinski definition) is 1. The van der Waals surface area contributed by atoms with Gasteiger partial charge in [-0.15, -0.1) is 0 Å². The van der Waals surface area contributed by atoms with Gasteiger partial charge in [-0.1, -0.05) is 23.7 Å². The minimum absolute atomic E-state index is 0.311. The van der Waals surface area contributed by atoms with Crippen LogP contribution in [0.5, 0.6) is 5.75 Å².